The maximum absolute atomic E-state index is 13.4. The minimum Gasteiger partial charge on any atom is -0.497 e. The number of ether oxygens (including phenoxy) is 2. The van der Waals surface area contributed by atoms with Crippen LogP contribution in [0.1, 0.15) is 17.3 Å². The molecule has 9 heteroatoms. The third kappa shape index (κ3) is 4.38. The third-order valence-corrected chi connectivity index (χ3v) is 4.00. The maximum Gasteiger partial charge on any atom is 0.235 e. The van der Waals surface area contributed by atoms with Gasteiger partial charge < -0.3 is 14.8 Å². The van der Waals surface area contributed by atoms with E-state index in [1.807, 2.05) is 0 Å². The molecule has 140 valence electrons. The van der Waals surface area contributed by atoms with Crippen LogP contribution < -0.4 is 14.8 Å². The monoisotopic (exact) mass is 371 g/mol. The van der Waals surface area contributed by atoms with Gasteiger partial charge in [-0.15, -0.1) is 10.2 Å². The maximum atomic E-state index is 13.4. The summed E-state index contributed by atoms with van der Waals surface area (Å²) in [6, 6.07) is 11.0. The van der Waals surface area contributed by atoms with Crippen molar-refractivity contribution in [2.75, 3.05) is 19.5 Å². The Morgan fingerprint density at radius 3 is 2.74 bits per heavy atom. The fourth-order valence-corrected chi connectivity index (χ4v) is 2.65. The zero-order valence-electron chi connectivity index (χ0n) is 14.8. The summed E-state index contributed by atoms with van der Waals surface area (Å²) in [5, 5.41) is 16.4. The molecule has 1 heterocycles. The van der Waals surface area contributed by atoms with Gasteiger partial charge in [0.2, 0.25) is 5.91 Å². The summed E-state index contributed by atoms with van der Waals surface area (Å²) in [4.78, 5) is 12.8. The van der Waals surface area contributed by atoms with Gasteiger partial charge in [-0.05, 0) is 36.2 Å². The molecule has 0 radical (unpaired) electrons. The summed E-state index contributed by atoms with van der Waals surface area (Å²) in [6.45, 7) is 0. The van der Waals surface area contributed by atoms with E-state index in [-0.39, 0.29) is 18.2 Å². The van der Waals surface area contributed by atoms with Gasteiger partial charge in [-0.3, -0.25) is 4.79 Å². The predicted octanol–water partition coefficient (Wildman–Crippen LogP) is 2.32. The molecule has 0 unspecified atom stereocenters. The molecule has 2 N–H and O–H groups in total. The van der Waals surface area contributed by atoms with Crippen molar-refractivity contribution in [3.8, 4) is 11.5 Å². The summed E-state index contributed by atoms with van der Waals surface area (Å²) in [7, 11) is 3.09. The number of tetrazole rings is 1. The summed E-state index contributed by atoms with van der Waals surface area (Å²) >= 11 is 0. The zero-order valence-corrected chi connectivity index (χ0v) is 14.8. The van der Waals surface area contributed by atoms with Crippen LogP contribution in [0.3, 0.4) is 0 Å². The van der Waals surface area contributed by atoms with Crippen molar-refractivity contribution in [3.63, 3.8) is 0 Å². The molecule has 8 nitrogen and oxygen atoms in total. The number of rotatable bonds is 7. The molecule has 0 fully saturated rings. The van der Waals surface area contributed by atoms with E-state index in [2.05, 4.69) is 25.9 Å². The zero-order chi connectivity index (χ0) is 19.2. The number of aromatic amines is 1. The van der Waals surface area contributed by atoms with Gasteiger partial charge >= 0.3 is 0 Å². The number of nitrogens with one attached hydrogen (secondary N) is 2. The quantitative estimate of drug-likeness (QED) is 0.661. The minimum absolute atomic E-state index is 0.224. The number of carbonyl (C=O) groups excluding carboxylic acids is 1. The van der Waals surface area contributed by atoms with Gasteiger partial charge in [0.05, 0.1) is 14.2 Å². The number of halogens is 1. The fourth-order valence-electron chi connectivity index (χ4n) is 2.65. The highest BCUT2D eigenvalue weighted by Crippen LogP contribution is 2.29. The first-order valence-electron chi connectivity index (χ1n) is 8.11. The van der Waals surface area contributed by atoms with Gasteiger partial charge in [0, 0.05) is 11.8 Å². The Hall–Kier alpha value is -3.49. The Kier molecular flexibility index (Phi) is 5.60. The second-order valence-electron chi connectivity index (χ2n) is 5.70. The topological polar surface area (TPSA) is 102 Å². The third-order valence-electron chi connectivity index (χ3n) is 4.00. The van der Waals surface area contributed by atoms with Crippen molar-refractivity contribution in [2.45, 2.75) is 12.3 Å². The second kappa shape index (κ2) is 8.26. The van der Waals surface area contributed by atoms with E-state index in [4.69, 9.17) is 9.47 Å². The van der Waals surface area contributed by atoms with Crippen molar-refractivity contribution in [1.29, 1.82) is 0 Å². The summed E-state index contributed by atoms with van der Waals surface area (Å²) in [6.07, 6.45) is 0.258. The molecule has 3 rings (SSSR count). The first-order chi connectivity index (χ1) is 13.1. The van der Waals surface area contributed by atoms with Crippen LogP contribution in [-0.4, -0.2) is 40.8 Å². The highest BCUT2D eigenvalue weighted by atomic mass is 19.1. The van der Waals surface area contributed by atoms with E-state index in [0.29, 0.717) is 17.2 Å². The molecule has 1 amide bonds. The molecule has 1 atom stereocenters. The molecule has 0 saturated heterocycles. The summed E-state index contributed by atoms with van der Waals surface area (Å²) in [5.74, 6) is -0.158. The van der Waals surface area contributed by atoms with E-state index >= 15 is 0 Å². The molecule has 0 bridgehead atoms. The molecule has 1 aromatic heterocycles. The number of aromatic nitrogens is 4. The second-order valence-corrected chi connectivity index (χ2v) is 5.70. The largest absolute Gasteiger partial charge is 0.497 e. The lowest BCUT2D eigenvalue weighted by atomic mass is 9.96. The molecule has 0 aliphatic carbocycles. The number of nitrogens with zero attached hydrogens (tertiary/aromatic N) is 3. The van der Waals surface area contributed by atoms with Gasteiger partial charge in [-0.25, -0.2) is 4.39 Å². The summed E-state index contributed by atoms with van der Waals surface area (Å²) < 4.78 is 24.0. The Morgan fingerprint density at radius 1 is 1.22 bits per heavy atom. The number of hydrogen-bond acceptors (Lipinski definition) is 6. The van der Waals surface area contributed by atoms with Crippen LogP contribution >= 0.6 is 0 Å². The molecule has 3 aromatic rings. The van der Waals surface area contributed by atoms with E-state index in [1.54, 1.807) is 31.4 Å². The molecule has 0 aliphatic heterocycles. The average Bonchev–Trinajstić information content (AvgIpc) is 3.20. The van der Waals surface area contributed by atoms with Crippen molar-refractivity contribution in [3.05, 3.63) is 59.7 Å². The van der Waals surface area contributed by atoms with Crippen molar-refractivity contribution in [1.82, 2.24) is 20.6 Å². The van der Waals surface area contributed by atoms with Crippen LogP contribution in [0.15, 0.2) is 42.5 Å². The molecule has 27 heavy (non-hydrogen) atoms. The highest BCUT2D eigenvalue weighted by Gasteiger charge is 2.27. The number of methoxy groups -OCH3 is 2. The van der Waals surface area contributed by atoms with Gasteiger partial charge in [0.1, 0.15) is 23.2 Å². The standard InChI is InChI=1S/C18H18FN5O3/c1-26-14-7-6-11(16(10-14)27-2)8-15(17-21-23-24-22-17)18(25)20-13-5-3-4-12(19)9-13/h3-7,9-10,15H,8H2,1-2H3,(H,20,25)(H,21,22,23,24)/t15-/m0/s1. The van der Waals surface area contributed by atoms with Gasteiger partial charge in [-0.1, -0.05) is 17.3 Å². The SMILES string of the molecule is COc1ccc(C[C@H](C(=O)Nc2cccc(F)c2)c2nn[nH]n2)c(OC)c1. The number of hydrogen-bond donors (Lipinski definition) is 2. The number of carbonyl (C=O) groups is 1. The van der Waals surface area contributed by atoms with Crippen molar-refractivity contribution >= 4 is 11.6 Å². The summed E-state index contributed by atoms with van der Waals surface area (Å²) in [5.41, 5.74) is 1.11. The number of anilines is 1. The van der Waals surface area contributed by atoms with E-state index < -0.39 is 11.7 Å². The minimum atomic E-state index is -0.755. The smallest absolute Gasteiger partial charge is 0.235 e. The van der Waals surface area contributed by atoms with Crippen LogP contribution in [0, 0.1) is 5.82 Å². The average molecular weight is 371 g/mol. The number of H-pyrrole nitrogens is 1. The number of amides is 1. The lowest BCUT2D eigenvalue weighted by molar-refractivity contribution is -0.117. The molecule has 0 saturated carbocycles. The van der Waals surface area contributed by atoms with Crippen LogP contribution in [0.25, 0.3) is 0 Å². The van der Waals surface area contributed by atoms with Crippen molar-refractivity contribution < 1.29 is 18.7 Å². The van der Waals surface area contributed by atoms with E-state index in [1.165, 1.54) is 25.3 Å². The first kappa shape index (κ1) is 18.3. The van der Waals surface area contributed by atoms with Gasteiger partial charge in [0.25, 0.3) is 0 Å². The molecule has 0 aliphatic rings. The van der Waals surface area contributed by atoms with Crippen molar-refractivity contribution in [2.24, 2.45) is 0 Å². The van der Waals surface area contributed by atoms with Crippen LogP contribution in [0.5, 0.6) is 11.5 Å². The molecular weight excluding hydrogens is 353 g/mol. The van der Waals surface area contributed by atoms with Crippen LogP contribution in [0.2, 0.25) is 0 Å². The molecular formula is C18H18FN5O3. The number of benzene rings is 2. The first-order valence-corrected chi connectivity index (χ1v) is 8.11. The lowest BCUT2D eigenvalue weighted by Gasteiger charge is -2.16. The van der Waals surface area contributed by atoms with Crippen LogP contribution in [0.4, 0.5) is 10.1 Å². The Labute approximate surface area is 154 Å². The molecule has 2 aromatic carbocycles. The Bertz CT molecular complexity index is 917. The molecule has 0 spiro atoms. The normalized spacial score (nSPS) is 11.7. The van der Waals surface area contributed by atoms with E-state index in [9.17, 15) is 9.18 Å². The van der Waals surface area contributed by atoms with Gasteiger partial charge in [0.15, 0.2) is 5.82 Å². The lowest BCUT2D eigenvalue weighted by Crippen LogP contribution is -2.24. The van der Waals surface area contributed by atoms with Gasteiger partial charge in [-0.2, -0.15) is 5.21 Å². The Balaban J connectivity index is 1.87. The Morgan fingerprint density at radius 2 is 2.07 bits per heavy atom. The van der Waals surface area contributed by atoms with Crippen LogP contribution in [-0.2, 0) is 11.2 Å². The fraction of sp³-hybridized carbons (Fsp3) is 0.222. The van der Waals surface area contributed by atoms with E-state index in [0.717, 1.165) is 5.56 Å². The predicted molar refractivity (Wildman–Crippen MR) is 95.2 cm³/mol. The highest BCUT2D eigenvalue weighted by molar-refractivity contribution is 5.95.